The monoisotopic (exact) mass is 171 g/mol. The van der Waals surface area contributed by atoms with Crippen LogP contribution in [0.2, 0.25) is 0 Å². The van der Waals surface area contributed by atoms with Crippen LogP contribution < -0.4 is 4.90 Å². The first-order valence-electron chi connectivity index (χ1n) is 3.86. The number of aromatic hydroxyl groups is 1. The lowest BCUT2D eigenvalue weighted by Gasteiger charge is -2.04. The largest absolute Gasteiger partial charge is 0.493 e. The number of nitrogens with one attached hydrogen (secondary N) is 1. The van der Waals surface area contributed by atoms with Gasteiger partial charge in [0.25, 0.3) is 5.13 Å². The van der Waals surface area contributed by atoms with Crippen LogP contribution >= 0.6 is 11.3 Å². The van der Waals surface area contributed by atoms with Crippen molar-refractivity contribution in [3.63, 3.8) is 0 Å². The number of rotatable bonds is 1. The SMILES string of the molecule is Oc1csc([NH+]2CCCC2)n1. The number of hydrogen-bond acceptors (Lipinski definition) is 3. The third-order valence-electron chi connectivity index (χ3n) is 2.00. The number of aromatic nitrogens is 1. The smallest absolute Gasteiger partial charge is 0.287 e. The molecule has 1 aliphatic heterocycles. The molecule has 3 nitrogen and oxygen atoms in total. The lowest BCUT2D eigenvalue weighted by molar-refractivity contribution is -0.818. The molecule has 0 bridgehead atoms. The molecule has 0 aromatic carbocycles. The first-order valence-corrected chi connectivity index (χ1v) is 4.74. The number of quaternary nitrogens is 1. The van der Waals surface area contributed by atoms with Crippen LogP contribution in [0.5, 0.6) is 5.88 Å². The summed E-state index contributed by atoms with van der Waals surface area (Å²) in [5.74, 6) is 0.171. The molecule has 1 aromatic rings. The molecule has 2 N–H and O–H groups in total. The standard InChI is InChI=1S/C7H10N2OS/c10-6-5-11-7(8-6)9-3-1-2-4-9/h5,10H,1-4H2/p+1. The van der Waals surface area contributed by atoms with E-state index < -0.39 is 0 Å². The number of nitrogens with zero attached hydrogens (tertiary/aromatic N) is 1. The molecule has 0 saturated carbocycles. The highest BCUT2D eigenvalue weighted by Gasteiger charge is 2.20. The minimum absolute atomic E-state index is 0.171. The average Bonchev–Trinajstić information content (AvgIpc) is 2.55. The van der Waals surface area contributed by atoms with E-state index in [1.165, 1.54) is 30.8 Å². The van der Waals surface area contributed by atoms with Crippen molar-refractivity contribution in [2.24, 2.45) is 0 Å². The zero-order valence-electron chi connectivity index (χ0n) is 6.21. The van der Waals surface area contributed by atoms with Crippen LogP contribution in [0.25, 0.3) is 0 Å². The Balaban J connectivity index is 2.15. The molecule has 0 atom stereocenters. The lowest BCUT2D eigenvalue weighted by atomic mass is 10.4. The van der Waals surface area contributed by atoms with Crippen LogP contribution in [-0.2, 0) is 0 Å². The molecule has 2 rings (SSSR count). The Labute approximate surface area is 69.3 Å². The normalized spacial score (nSPS) is 19.3. The summed E-state index contributed by atoms with van der Waals surface area (Å²) >= 11 is 1.55. The van der Waals surface area contributed by atoms with E-state index in [2.05, 4.69) is 4.98 Å². The molecule has 1 saturated heterocycles. The maximum atomic E-state index is 9.00. The Morgan fingerprint density at radius 3 is 2.73 bits per heavy atom. The van der Waals surface area contributed by atoms with Crippen LogP contribution in [0.15, 0.2) is 5.38 Å². The number of hydrogen-bond donors (Lipinski definition) is 2. The van der Waals surface area contributed by atoms with Gasteiger partial charge in [-0.05, 0) is 0 Å². The molecule has 11 heavy (non-hydrogen) atoms. The molecule has 4 heteroatoms. The van der Waals surface area contributed by atoms with Crippen molar-refractivity contribution >= 4 is 16.5 Å². The Bertz CT molecular complexity index is 242. The molecule has 1 fully saturated rings. The Hall–Kier alpha value is -0.610. The molecular formula is C7H11N2OS+. The van der Waals surface area contributed by atoms with Crippen molar-refractivity contribution in [1.29, 1.82) is 0 Å². The van der Waals surface area contributed by atoms with Gasteiger partial charge in [-0.25, -0.2) is 0 Å². The van der Waals surface area contributed by atoms with E-state index >= 15 is 0 Å². The maximum absolute atomic E-state index is 9.00. The molecule has 0 aliphatic carbocycles. The highest BCUT2D eigenvalue weighted by atomic mass is 32.1. The maximum Gasteiger partial charge on any atom is 0.287 e. The predicted octanol–water partition coefficient (Wildman–Crippen LogP) is 0.159. The fourth-order valence-corrected chi connectivity index (χ4v) is 2.23. The summed E-state index contributed by atoms with van der Waals surface area (Å²) in [4.78, 5) is 5.46. The van der Waals surface area contributed by atoms with Crippen molar-refractivity contribution in [3.8, 4) is 5.88 Å². The molecule has 0 unspecified atom stereocenters. The minimum Gasteiger partial charge on any atom is -0.493 e. The first kappa shape index (κ1) is 7.06. The second kappa shape index (κ2) is 2.79. The summed E-state index contributed by atoms with van der Waals surface area (Å²) in [5.41, 5.74) is 0. The topological polar surface area (TPSA) is 37.6 Å². The van der Waals surface area contributed by atoms with Crippen molar-refractivity contribution in [3.05, 3.63) is 5.38 Å². The van der Waals surface area contributed by atoms with Crippen LogP contribution in [0.3, 0.4) is 0 Å². The van der Waals surface area contributed by atoms with Gasteiger partial charge in [-0.1, -0.05) is 11.3 Å². The van der Waals surface area contributed by atoms with Crippen LogP contribution in [0.4, 0.5) is 5.13 Å². The van der Waals surface area contributed by atoms with Crippen molar-refractivity contribution in [2.45, 2.75) is 12.8 Å². The van der Waals surface area contributed by atoms with Gasteiger partial charge in [0.15, 0.2) is 0 Å². The molecule has 60 valence electrons. The molecule has 0 radical (unpaired) electrons. The van der Waals surface area contributed by atoms with E-state index in [-0.39, 0.29) is 5.88 Å². The van der Waals surface area contributed by atoms with Crippen molar-refractivity contribution in [2.75, 3.05) is 13.1 Å². The summed E-state index contributed by atoms with van der Waals surface area (Å²) in [7, 11) is 0. The van der Waals surface area contributed by atoms with E-state index in [9.17, 15) is 0 Å². The second-order valence-corrected chi connectivity index (χ2v) is 3.68. The van der Waals surface area contributed by atoms with Gasteiger partial charge in [0, 0.05) is 12.8 Å². The highest BCUT2D eigenvalue weighted by molar-refractivity contribution is 7.13. The fraction of sp³-hybridized carbons (Fsp3) is 0.571. The van der Waals surface area contributed by atoms with E-state index in [4.69, 9.17) is 5.11 Å². The third kappa shape index (κ3) is 1.36. The van der Waals surface area contributed by atoms with Gasteiger partial charge in [-0.15, -0.1) is 4.98 Å². The molecule has 1 aliphatic rings. The summed E-state index contributed by atoms with van der Waals surface area (Å²) in [6.45, 7) is 2.35. The highest BCUT2D eigenvalue weighted by Crippen LogP contribution is 2.16. The summed E-state index contributed by atoms with van der Waals surface area (Å²) in [6, 6.07) is 0. The molecule has 2 heterocycles. The number of thiazole rings is 1. The quantitative estimate of drug-likeness (QED) is 0.631. The summed E-state index contributed by atoms with van der Waals surface area (Å²) in [5, 5.41) is 11.7. The Morgan fingerprint density at radius 2 is 2.18 bits per heavy atom. The Morgan fingerprint density at radius 1 is 1.45 bits per heavy atom. The molecule has 0 amide bonds. The zero-order valence-corrected chi connectivity index (χ0v) is 7.02. The van der Waals surface area contributed by atoms with E-state index in [1.54, 1.807) is 16.7 Å². The van der Waals surface area contributed by atoms with E-state index in [0.29, 0.717) is 0 Å². The molecule has 0 spiro atoms. The molecule has 1 aromatic heterocycles. The van der Waals surface area contributed by atoms with Gasteiger partial charge in [0.1, 0.15) is 0 Å². The van der Waals surface area contributed by atoms with Crippen LogP contribution in [-0.4, -0.2) is 23.2 Å². The Kier molecular flexibility index (Phi) is 1.79. The van der Waals surface area contributed by atoms with Crippen molar-refractivity contribution < 1.29 is 10.0 Å². The van der Waals surface area contributed by atoms with Crippen LogP contribution in [0, 0.1) is 0 Å². The summed E-state index contributed by atoms with van der Waals surface area (Å²) < 4.78 is 0. The van der Waals surface area contributed by atoms with Crippen LogP contribution in [0.1, 0.15) is 12.8 Å². The van der Waals surface area contributed by atoms with Crippen molar-refractivity contribution in [1.82, 2.24) is 4.98 Å². The van der Waals surface area contributed by atoms with Gasteiger partial charge in [-0.2, -0.15) is 0 Å². The minimum atomic E-state index is 0.171. The fourth-order valence-electron chi connectivity index (χ4n) is 1.44. The van der Waals surface area contributed by atoms with Gasteiger partial charge < -0.3 is 5.11 Å². The van der Waals surface area contributed by atoms with E-state index in [0.717, 1.165) is 5.13 Å². The van der Waals surface area contributed by atoms with Gasteiger partial charge in [0.2, 0.25) is 5.88 Å². The average molecular weight is 171 g/mol. The molecular weight excluding hydrogens is 160 g/mol. The lowest BCUT2D eigenvalue weighted by Crippen LogP contribution is -3.04. The van der Waals surface area contributed by atoms with Gasteiger partial charge in [0.05, 0.1) is 18.5 Å². The van der Waals surface area contributed by atoms with E-state index in [1.807, 2.05) is 0 Å². The zero-order chi connectivity index (χ0) is 7.68. The predicted molar refractivity (Wildman–Crippen MR) is 43.4 cm³/mol. The van der Waals surface area contributed by atoms with Gasteiger partial charge >= 0.3 is 0 Å². The first-order chi connectivity index (χ1) is 5.36. The third-order valence-corrected chi connectivity index (χ3v) is 2.93. The van der Waals surface area contributed by atoms with Gasteiger partial charge in [-0.3, -0.25) is 4.90 Å². The second-order valence-electron chi connectivity index (χ2n) is 2.82. The summed E-state index contributed by atoms with van der Waals surface area (Å²) in [6.07, 6.45) is 2.57.